The Morgan fingerprint density at radius 2 is 1.17 bits per heavy atom. The molecule has 0 rings (SSSR count). The van der Waals surface area contributed by atoms with Crippen molar-refractivity contribution in [3.63, 3.8) is 0 Å². The topological polar surface area (TPSA) is 77.8 Å². The molecule has 4 nitrogen and oxygen atoms in total. The Hall–Kier alpha value is 0.850. The Morgan fingerprint density at radius 3 is 1.17 bits per heavy atom. The number of phosphoric acid groups is 1. The minimum atomic E-state index is -4.64. The first kappa shape index (κ1) is 9.97. The first-order chi connectivity index (χ1) is 2.00. The molecule has 0 aliphatic carbocycles. The van der Waals surface area contributed by atoms with Gasteiger partial charge in [0.05, 0.1) is 0 Å². The van der Waals surface area contributed by atoms with Crippen molar-refractivity contribution in [3.05, 3.63) is 0 Å². The molecule has 0 bridgehead atoms. The summed E-state index contributed by atoms with van der Waals surface area (Å²) in [6.45, 7) is 0. The zero-order chi connectivity index (χ0) is 4.50. The van der Waals surface area contributed by atoms with Crippen molar-refractivity contribution in [2.75, 3.05) is 0 Å². The third kappa shape index (κ3) is 99.5. The summed E-state index contributed by atoms with van der Waals surface area (Å²) in [7, 11) is -4.64. The molecule has 0 amide bonds. The molecule has 0 aromatic heterocycles. The quantitative estimate of drug-likeness (QED) is 0.341. The van der Waals surface area contributed by atoms with Crippen LogP contribution < -0.4 is 0 Å². The van der Waals surface area contributed by atoms with Crippen molar-refractivity contribution in [1.82, 2.24) is 0 Å². The van der Waals surface area contributed by atoms with Crippen LogP contribution in [0.3, 0.4) is 0 Å². The second-order valence-electron chi connectivity index (χ2n) is 0.513. The van der Waals surface area contributed by atoms with Crippen molar-refractivity contribution in [3.8, 4) is 0 Å². The normalized spacial score (nSPS) is 9.83. The van der Waals surface area contributed by atoms with Gasteiger partial charge in [0.15, 0.2) is 0 Å². The first-order valence-corrected chi connectivity index (χ1v) is 2.35. The summed E-state index contributed by atoms with van der Waals surface area (Å²) < 4.78 is 8.88. The largest absolute Gasteiger partial charge is 0.466 e. The predicted molar refractivity (Wildman–Crippen MR) is 14.3 cm³/mol. The van der Waals surface area contributed by atoms with E-state index in [0.29, 0.717) is 0 Å². The minimum absolute atomic E-state index is 0. The van der Waals surface area contributed by atoms with E-state index in [1.807, 2.05) is 0 Å². The van der Waals surface area contributed by atoms with Crippen LogP contribution in [0.5, 0.6) is 0 Å². The van der Waals surface area contributed by atoms with E-state index >= 15 is 0 Å². The predicted octanol–water partition coefficient (Wildman–Crippen LogP) is -0.931. The van der Waals surface area contributed by atoms with E-state index < -0.39 is 7.82 Å². The molecule has 0 aromatic carbocycles. The SMILES string of the molecule is O=P(O)(O)O.[Nb]. The summed E-state index contributed by atoms with van der Waals surface area (Å²) in [5.74, 6) is 0. The van der Waals surface area contributed by atoms with Gasteiger partial charge in [-0.2, -0.15) is 0 Å². The van der Waals surface area contributed by atoms with E-state index in [-0.39, 0.29) is 22.4 Å². The van der Waals surface area contributed by atoms with Gasteiger partial charge in [-0.25, -0.2) is 4.57 Å². The summed E-state index contributed by atoms with van der Waals surface area (Å²) in [5, 5.41) is 0. The monoisotopic (exact) mass is 191 g/mol. The summed E-state index contributed by atoms with van der Waals surface area (Å²) in [5.41, 5.74) is 0. The van der Waals surface area contributed by atoms with E-state index in [1.54, 1.807) is 0 Å². The molecule has 37 valence electrons. The minimum Gasteiger partial charge on any atom is -0.303 e. The van der Waals surface area contributed by atoms with Crippen molar-refractivity contribution in [1.29, 1.82) is 0 Å². The van der Waals surface area contributed by atoms with Gasteiger partial charge >= 0.3 is 7.82 Å². The molecule has 0 heterocycles. The summed E-state index contributed by atoms with van der Waals surface area (Å²) in [4.78, 5) is 21.6. The maximum absolute atomic E-state index is 8.88. The molecule has 6 heteroatoms. The fraction of sp³-hybridized carbons (Fsp3) is 0. The molecule has 1 radical (unpaired) electrons. The summed E-state index contributed by atoms with van der Waals surface area (Å²) >= 11 is 0. The van der Waals surface area contributed by atoms with Crippen LogP contribution in [0.2, 0.25) is 0 Å². The molecule has 0 saturated heterocycles. The Bertz CT molecular complexity index is 53.7. The molecule has 3 N–H and O–H groups in total. The third-order valence-corrected chi connectivity index (χ3v) is 0. The molecule has 0 atom stereocenters. The summed E-state index contributed by atoms with van der Waals surface area (Å²) in [6.07, 6.45) is 0. The Morgan fingerprint density at radius 1 is 1.17 bits per heavy atom. The van der Waals surface area contributed by atoms with Crippen LogP contribution in [0, 0.1) is 0 Å². The van der Waals surface area contributed by atoms with Gasteiger partial charge in [-0.3, -0.25) is 0 Å². The first-order valence-electron chi connectivity index (χ1n) is 0.783. The third-order valence-electron chi connectivity index (χ3n) is 0. The molecule has 0 aromatic rings. The number of rotatable bonds is 0. The van der Waals surface area contributed by atoms with E-state index in [4.69, 9.17) is 19.2 Å². The van der Waals surface area contributed by atoms with Crippen LogP contribution in [-0.2, 0) is 26.9 Å². The van der Waals surface area contributed by atoms with Gasteiger partial charge in [0.1, 0.15) is 0 Å². The van der Waals surface area contributed by atoms with Gasteiger partial charge in [0.2, 0.25) is 0 Å². The second-order valence-corrected chi connectivity index (χ2v) is 1.54. The van der Waals surface area contributed by atoms with Gasteiger partial charge < -0.3 is 14.7 Å². The van der Waals surface area contributed by atoms with Gasteiger partial charge in [-0.05, 0) is 0 Å². The Kier molecular flexibility index (Phi) is 4.87. The van der Waals surface area contributed by atoms with E-state index in [9.17, 15) is 0 Å². The standard InChI is InChI=1S/Nb.H3O4P/c;1-5(2,3)4/h;(H3,1,2,3,4). The summed E-state index contributed by atoms with van der Waals surface area (Å²) in [6, 6.07) is 0. The fourth-order valence-electron chi connectivity index (χ4n) is 0. The van der Waals surface area contributed by atoms with E-state index in [0.717, 1.165) is 0 Å². The van der Waals surface area contributed by atoms with Crippen LogP contribution >= 0.6 is 7.82 Å². The zero-order valence-corrected chi connectivity index (χ0v) is 5.74. The second kappa shape index (κ2) is 2.93. The molecular formula is H3NbO4P. The molecule has 0 unspecified atom stereocenters. The van der Waals surface area contributed by atoms with Gasteiger partial charge in [0.25, 0.3) is 0 Å². The molecule has 0 spiro atoms. The van der Waals surface area contributed by atoms with Crippen LogP contribution in [-0.4, -0.2) is 14.7 Å². The Labute approximate surface area is 49.9 Å². The van der Waals surface area contributed by atoms with Gasteiger partial charge in [-0.15, -0.1) is 0 Å². The molecule has 0 aliphatic rings. The maximum Gasteiger partial charge on any atom is 0.466 e. The number of hydrogen-bond donors (Lipinski definition) is 3. The molecular weight excluding hydrogens is 188 g/mol. The van der Waals surface area contributed by atoms with Gasteiger partial charge in [0, 0.05) is 22.4 Å². The Balaban J connectivity index is 0. The van der Waals surface area contributed by atoms with E-state index in [2.05, 4.69) is 0 Å². The van der Waals surface area contributed by atoms with E-state index in [1.165, 1.54) is 0 Å². The zero-order valence-electron chi connectivity index (χ0n) is 2.64. The molecule has 0 aliphatic heterocycles. The van der Waals surface area contributed by atoms with Crippen LogP contribution in [0.25, 0.3) is 0 Å². The van der Waals surface area contributed by atoms with Crippen molar-refractivity contribution in [2.24, 2.45) is 0 Å². The molecule has 6 heavy (non-hydrogen) atoms. The number of hydrogen-bond acceptors (Lipinski definition) is 1. The van der Waals surface area contributed by atoms with Crippen molar-refractivity contribution in [2.45, 2.75) is 0 Å². The van der Waals surface area contributed by atoms with Crippen LogP contribution in [0.15, 0.2) is 0 Å². The van der Waals surface area contributed by atoms with Gasteiger partial charge in [-0.1, -0.05) is 0 Å². The van der Waals surface area contributed by atoms with Crippen LogP contribution in [0.1, 0.15) is 0 Å². The fourth-order valence-corrected chi connectivity index (χ4v) is 0. The van der Waals surface area contributed by atoms with Crippen molar-refractivity contribution >= 4 is 7.82 Å². The molecule has 0 fully saturated rings. The smallest absolute Gasteiger partial charge is 0.303 e. The average molecular weight is 191 g/mol. The van der Waals surface area contributed by atoms with Crippen LogP contribution in [0.4, 0.5) is 0 Å². The van der Waals surface area contributed by atoms with Crippen molar-refractivity contribution < 1.29 is 41.6 Å². The maximum atomic E-state index is 8.88. The average Bonchev–Trinajstić information content (AvgIpc) is 0.722. The molecule has 0 saturated carbocycles.